The number of anilines is 1. The number of hydrogen-bond donors (Lipinski definition) is 3. The summed E-state index contributed by atoms with van der Waals surface area (Å²) in [5.41, 5.74) is 3.87. The van der Waals surface area contributed by atoms with Gasteiger partial charge in [0.05, 0.1) is 5.56 Å². The highest BCUT2D eigenvalue weighted by atomic mass is 79.9. The van der Waals surface area contributed by atoms with Crippen LogP contribution in [-0.2, 0) is 0 Å². The normalized spacial score (nSPS) is 11.0. The molecule has 5 rings (SSSR count). The second kappa shape index (κ2) is 8.89. The number of amides is 1. The number of nitrogens with zero attached hydrogens (tertiary/aromatic N) is 1. The zero-order valence-corrected chi connectivity index (χ0v) is 20.3. The Balaban J connectivity index is 1.37. The molecule has 0 atom stereocenters. The molecule has 34 heavy (non-hydrogen) atoms. The van der Waals surface area contributed by atoms with Crippen LogP contribution in [0, 0.1) is 6.92 Å². The van der Waals surface area contributed by atoms with Crippen molar-refractivity contribution in [1.82, 2.24) is 10.3 Å². The molecule has 0 unspecified atom stereocenters. The predicted octanol–water partition coefficient (Wildman–Crippen LogP) is 6.55. The largest absolute Gasteiger partial charge is 0.507 e. The average molecular weight is 532 g/mol. The van der Waals surface area contributed by atoms with Gasteiger partial charge in [0.25, 0.3) is 5.91 Å². The van der Waals surface area contributed by atoms with Crippen LogP contribution in [-0.4, -0.2) is 21.1 Å². The van der Waals surface area contributed by atoms with E-state index in [1.165, 1.54) is 6.07 Å². The fourth-order valence-electron chi connectivity index (χ4n) is 3.73. The number of rotatable bonds is 3. The van der Waals surface area contributed by atoms with Gasteiger partial charge in [0.2, 0.25) is 5.89 Å². The number of carbonyl (C=O) groups is 1. The van der Waals surface area contributed by atoms with Crippen LogP contribution in [0.5, 0.6) is 5.75 Å². The maximum atomic E-state index is 12.9. The van der Waals surface area contributed by atoms with E-state index in [2.05, 4.69) is 31.5 Å². The highest BCUT2D eigenvalue weighted by Gasteiger charge is 2.16. The number of halogens is 1. The standard InChI is InChI=1S/C26H18BrN3O3S/c1-14-8-10-21-23(12-14)33-25(29-21)19-13-15(9-11-22(19)31)28-26(34)30-24(32)18-6-2-5-17-16(18)4-3-7-20(17)27/h2-13,31H,1H3,(H2,28,30,32,34). The van der Waals surface area contributed by atoms with Crippen LogP contribution in [0.3, 0.4) is 0 Å². The number of phenols is 1. The van der Waals surface area contributed by atoms with Gasteiger partial charge in [-0.05, 0) is 77.9 Å². The van der Waals surface area contributed by atoms with Gasteiger partial charge in [0.1, 0.15) is 11.3 Å². The second-order valence-corrected chi connectivity index (χ2v) is 9.03. The fraction of sp³-hybridized carbons (Fsp3) is 0.0385. The molecular formula is C26H18BrN3O3S. The lowest BCUT2D eigenvalue weighted by Gasteiger charge is -2.12. The lowest BCUT2D eigenvalue weighted by atomic mass is 10.0. The quantitative estimate of drug-likeness (QED) is 0.180. The van der Waals surface area contributed by atoms with E-state index in [0.717, 1.165) is 20.8 Å². The molecule has 0 aliphatic rings. The Hall–Kier alpha value is -3.75. The van der Waals surface area contributed by atoms with Crippen LogP contribution in [0.1, 0.15) is 15.9 Å². The number of phenolic OH excluding ortho intramolecular Hbond substituents is 1. The van der Waals surface area contributed by atoms with Crippen LogP contribution in [0.15, 0.2) is 81.7 Å². The molecule has 0 aliphatic heterocycles. The zero-order valence-electron chi connectivity index (χ0n) is 17.9. The number of carbonyl (C=O) groups excluding carboxylic acids is 1. The first-order valence-corrected chi connectivity index (χ1v) is 11.6. The van der Waals surface area contributed by atoms with E-state index in [-0.39, 0.29) is 22.7 Å². The number of hydrogen-bond acceptors (Lipinski definition) is 5. The minimum atomic E-state index is -0.325. The van der Waals surface area contributed by atoms with Gasteiger partial charge in [0, 0.05) is 15.7 Å². The lowest BCUT2D eigenvalue weighted by Crippen LogP contribution is -2.34. The van der Waals surface area contributed by atoms with E-state index in [0.29, 0.717) is 27.9 Å². The molecular weight excluding hydrogens is 514 g/mol. The van der Waals surface area contributed by atoms with Crippen molar-refractivity contribution in [3.05, 3.63) is 88.4 Å². The van der Waals surface area contributed by atoms with Crippen LogP contribution < -0.4 is 10.6 Å². The highest BCUT2D eigenvalue weighted by Crippen LogP contribution is 2.33. The van der Waals surface area contributed by atoms with Crippen molar-refractivity contribution in [2.45, 2.75) is 6.92 Å². The van der Waals surface area contributed by atoms with Crippen LogP contribution in [0.4, 0.5) is 5.69 Å². The van der Waals surface area contributed by atoms with Gasteiger partial charge in [-0.25, -0.2) is 4.98 Å². The first-order chi connectivity index (χ1) is 16.4. The molecule has 0 radical (unpaired) electrons. The first kappa shape index (κ1) is 22.1. The summed E-state index contributed by atoms with van der Waals surface area (Å²) < 4.78 is 6.75. The Morgan fingerprint density at radius 1 is 1.03 bits per heavy atom. The number of oxazole rings is 1. The number of benzene rings is 4. The Morgan fingerprint density at radius 2 is 1.82 bits per heavy atom. The Bertz CT molecular complexity index is 1600. The third kappa shape index (κ3) is 4.25. The lowest BCUT2D eigenvalue weighted by molar-refractivity contribution is 0.0979. The third-order valence-corrected chi connectivity index (χ3v) is 6.26. The van der Waals surface area contributed by atoms with Crippen molar-refractivity contribution in [1.29, 1.82) is 0 Å². The van der Waals surface area contributed by atoms with Gasteiger partial charge in [0.15, 0.2) is 10.7 Å². The molecule has 0 fully saturated rings. The predicted molar refractivity (Wildman–Crippen MR) is 141 cm³/mol. The van der Waals surface area contributed by atoms with Gasteiger partial charge in [-0.3, -0.25) is 10.1 Å². The van der Waals surface area contributed by atoms with Crippen molar-refractivity contribution in [2.24, 2.45) is 0 Å². The molecule has 1 aromatic heterocycles. The number of thiocarbonyl (C=S) groups is 1. The molecule has 0 bridgehead atoms. The average Bonchev–Trinajstić information content (AvgIpc) is 3.23. The summed E-state index contributed by atoms with van der Waals surface area (Å²) >= 11 is 8.89. The molecule has 6 nitrogen and oxygen atoms in total. The summed E-state index contributed by atoms with van der Waals surface area (Å²) in [6.45, 7) is 1.97. The number of aryl methyl sites for hydroxylation is 1. The molecule has 1 amide bonds. The maximum absolute atomic E-state index is 12.9. The molecule has 8 heteroatoms. The molecule has 0 saturated carbocycles. The number of aromatic hydroxyl groups is 1. The summed E-state index contributed by atoms with van der Waals surface area (Å²) in [4.78, 5) is 17.4. The molecule has 3 N–H and O–H groups in total. The van der Waals surface area contributed by atoms with E-state index in [1.54, 1.807) is 18.2 Å². The van der Waals surface area contributed by atoms with Crippen molar-refractivity contribution in [2.75, 3.05) is 5.32 Å². The first-order valence-electron chi connectivity index (χ1n) is 10.4. The summed E-state index contributed by atoms with van der Waals surface area (Å²) in [7, 11) is 0. The number of nitrogens with one attached hydrogen (secondary N) is 2. The highest BCUT2D eigenvalue weighted by molar-refractivity contribution is 9.10. The topological polar surface area (TPSA) is 87.4 Å². The summed E-state index contributed by atoms with van der Waals surface area (Å²) in [6, 6.07) is 21.8. The molecule has 0 saturated heterocycles. The minimum absolute atomic E-state index is 0.0186. The third-order valence-electron chi connectivity index (χ3n) is 5.37. The monoisotopic (exact) mass is 531 g/mol. The van der Waals surface area contributed by atoms with E-state index in [9.17, 15) is 9.90 Å². The van der Waals surface area contributed by atoms with Crippen molar-refractivity contribution in [3.63, 3.8) is 0 Å². The van der Waals surface area contributed by atoms with Gasteiger partial charge in [-0.15, -0.1) is 0 Å². The Labute approximate surface area is 208 Å². The van der Waals surface area contributed by atoms with Gasteiger partial charge in [-0.2, -0.15) is 0 Å². The van der Waals surface area contributed by atoms with E-state index < -0.39 is 0 Å². The van der Waals surface area contributed by atoms with E-state index >= 15 is 0 Å². The van der Waals surface area contributed by atoms with Gasteiger partial charge in [-0.1, -0.05) is 46.3 Å². The van der Waals surface area contributed by atoms with Crippen LogP contribution in [0.2, 0.25) is 0 Å². The van der Waals surface area contributed by atoms with Crippen molar-refractivity contribution < 1.29 is 14.3 Å². The molecule has 168 valence electrons. The minimum Gasteiger partial charge on any atom is -0.507 e. The van der Waals surface area contributed by atoms with Crippen molar-refractivity contribution in [3.8, 4) is 17.2 Å². The summed E-state index contributed by atoms with van der Waals surface area (Å²) in [5.74, 6) is -0.0160. The molecule has 0 spiro atoms. The Morgan fingerprint density at radius 3 is 2.68 bits per heavy atom. The number of aromatic nitrogens is 1. The van der Waals surface area contributed by atoms with E-state index in [4.69, 9.17) is 16.6 Å². The number of fused-ring (bicyclic) bond motifs is 2. The fourth-order valence-corrected chi connectivity index (χ4v) is 4.44. The van der Waals surface area contributed by atoms with Crippen LogP contribution >= 0.6 is 28.1 Å². The molecule has 1 heterocycles. The summed E-state index contributed by atoms with van der Waals surface area (Å²) in [5, 5.41) is 18.0. The molecule has 4 aromatic carbocycles. The second-order valence-electron chi connectivity index (χ2n) is 7.77. The molecule has 0 aliphatic carbocycles. The van der Waals surface area contributed by atoms with Crippen LogP contribution in [0.25, 0.3) is 33.3 Å². The molecule has 5 aromatic rings. The zero-order chi connectivity index (χ0) is 23.8. The maximum Gasteiger partial charge on any atom is 0.258 e. The summed E-state index contributed by atoms with van der Waals surface area (Å²) in [6.07, 6.45) is 0. The van der Waals surface area contributed by atoms with E-state index in [1.807, 2.05) is 55.5 Å². The van der Waals surface area contributed by atoms with Gasteiger partial charge < -0.3 is 14.8 Å². The smallest absolute Gasteiger partial charge is 0.258 e. The van der Waals surface area contributed by atoms with Gasteiger partial charge >= 0.3 is 0 Å². The van der Waals surface area contributed by atoms with Crippen molar-refractivity contribution >= 4 is 66.7 Å². The Kier molecular flexibility index (Phi) is 5.77. The SMILES string of the molecule is Cc1ccc2nc(-c3cc(NC(=S)NC(=O)c4cccc5c(Br)cccc45)ccc3O)oc2c1.